The van der Waals surface area contributed by atoms with E-state index in [9.17, 15) is 0 Å². The Bertz CT molecular complexity index is 2360. The van der Waals surface area contributed by atoms with Gasteiger partial charge in [0.2, 0.25) is 0 Å². The van der Waals surface area contributed by atoms with E-state index in [0.717, 1.165) is 44.9 Å². The van der Waals surface area contributed by atoms with Crippen molar-refractivity contribution in [2.24, 2.45) is 0 Å². The third kappa shape index (κ3) is 14.4. The largest absolute Gasteiger partial charge is 0.569 e. The quantitative estimate of drug-likeness (QED) is 0.0957. The fourth-order valence-electron chi connectivity index (χ4n) is 5.00. The van der Waals surface area contributed by atoms with E-state index in [-0.39, 0.29) is 32.7 Å². The van der Waals surface area contributed by atoms with Gasteiger partial charge in [0.1, 0.15) is 21.2 Å². The van der Waals surface area contributed by atoms with Crippen LogP contribution in [-0.2, 0) is 32.7 Å². The van der Waals surface area contributed by atoms with Gasteiger partial charge in [-0.05, 0) is 24.3 Å². The summed E-state index contributed by atoms with van der Waals surface area (Å²) in [6.45, 7) is 0. The molecule has 0 aliphatic rings. The Morgan fingerprint density at radius 3 is 1.25 bits per heavy atom. The van der Waals surface area contributed by atoms with Crippen molar-refractivity contribution in [3.05, 3.63) is 186 Å². The number of halogens is 3. The molecule has 280 valence electrons. The van der Waals surface area contributed by atoms with Gasteiger partial charge < -0.3 is 9.68 Å². The van der Waals surface area contributed by atoms with Gasteiger partial charge in [0.05, 0.1) is 23.3 Å². The molecule has 0 aliphatic heterocycles. The number of benzene rings is 4. The van der Waals surface area contributed by atoms with Crippen molar-refractivity contribution in [1.29, 1.82) is 0 Å². The molecule has 4 heterocycles. The Hall–Kier alpha value is -4.00. The molecule has 15 heteroatoms. The van der Waals surface area contributed by atoms with Crippen molar-refractivity contribution in [1.82, 2.24) is 29.9 Å². The molecule has 0 amide bonds. The number of pyridine rings is 2. The molecule has 2 unspecified atom stereocenters. The molecule has 1 N–H and O–H groups in total. The SMILES string of the molecule is Clc1cc(-c2ccc(-c3ccccc3)nc2)nc(-c2ccccc2)n1.Clc1cc(Cl)nc(-c2ccccc2)n1.O[B]Oc1ccc(-c2ccccc2)nc1.PP.[Y]. The minimum Gasteiger partial charge on any atom is -0.536 e. The molecule has 0 spiro atoms. The second kappa shape index (κ2) is 24.7. The second-order valence-electron chi connectivity index (χ2n) is 11.2. The summed E-state index contributed by atoms with van der Waals surface area (Å²) in [7, 11) is 5.30. The molecular formula is C42H33BCl3N6O2P2Y. The predicted molar refractivity (Wildman–Crippen MR) is 236 cm³/mol. The molecule has 8 rings (SSSR count). The van der Waals surface area contributed by atoms with Crippen molar-refractivity contribution < 1.29 is 42.4 Å². The van der Waals surface area contributed by atoms with Crippen LogP contribution in [0.4, 0.5) is 0 Å². The maximum Gasteiger partial charge on any atom is 0.569 e. The van der Waals surface area contributed by atoms with Crippen LogP contribution < -0.4 is 4.65 Å². The zero-order chi connectivity index (χ0) is 39.5. The molecule has 0 aliphatic carbocycles. The Morgan fingerprint density at radius 1 is 0.439 bits per heavy atom. The summed E-state index contributed by atoms with van der Waals surface area (Å²) < 4.78 is 4.76. The van der Waals surface area contributed by atoms with Crippen molar-refractivity contribution >= 4 is 60.3 Å². The van der Waals surface area contributed by atoms with Gasteiger partial charge in [-0.3, -0.25) is 9.97 Å². The van der Waals surface area contributed by atoms with Gasteiger partial charge in [0.15, 0.2) is 11.6 Å². The second-order valence-corrected chi connectivity index (χ2v) is 12.4. The molecule has 0 saturated carbocycles. The monoisotopic (exact) mass is 920 g/mol. The molecule has 57 heavy (non-hydrogen) atoms. The van der Waals surface area contributed by atoms with Crippen LogP contribution in [0.25, 0.3) is 56.5 Å². The molecule has 2 atom stereocenters. The average molecular weight is 922 g/mol. The molecule has 8 aromatic rings. The van der Waals surface area contributed by atoms with Crippen molar-refractivity contribution in [2.45, 2.75) is 0 Å². The fraction of sp³-hybridized carbons (Fsp3) is 0. The topological polar surface area (TPSA) is 107 Å². The van der Waals surface area contributed by atoms with Crippen LogP contribution >= 0.6 is 52.7 Å². The van der Waals surface area contributed by atoms with E-state index in [1.165, 1.54) is 6.07 Å². The molecule has 4 aromatic carbocycles. The van der Waals surface area contributed by atoms with Gasteiger partial charge in [-0.15, -0.1) is 17.9 Å². The summed E-state index contributed by atoms with van der Waals surface area (Å²) in [5.74, 6) is 1.66. The summed E-state index contributed by atoms with van der Waals surface area (Å²) in [6, 6.07) is 50.1. The van der Waals surface area contributed by atoms with Gasteiger partial charge in [0, 0.05) is 78.9 Å². The van der Waals surface area contributed by atoms with Crippen LogP contribution in [0.5, 0.6) is 5.75 Å². The molecule has 0 saturated heterocycles. The molecule has 0 fully saturated rings. The average Bonchev–Trinajstić information content (AvgIpc) is 3.26. The number of nitrogens with zero attached hydrogens (tertiary/aromatic N) is 6. The fourth-order valence-corrected chi connectivity index (χ4v) is 5.61. The molecule has 0 bridgehead atoms. The number of aromatic nitrogens is 6. The van der Waals surface area contributed by atoms with Crippen molar-refractivity contribution in [3.8, 4) is 62.3 Å². The zero-order valence-electron chi connectivity index (χ0n) is 30.1. The van der Waals surface area contributed by atoms with Crippen LogP contribution in [0.3, 0.4) is 0 Å². The zero-order valence-corrected chi connectivity index (χ0v) is 37.6. The summed E-state index contributed by atoms with van der Waals surface area (Å²) in [6.07, 6.45) is 3.38. The molecular weight excluding hydrogens is 889 g/mol. The first-order chi connectivity index (χ1) is 27.4. The van der Waals surface area contributed by atoms with E-state index in [0.29, 0.717) is 40.5 Å². The standard InChI is InChI=1S/C21H14ClN3.C11H9BNO2.C10H6Cl2N2.H4P2.Y/c22-20-13-19(24-21(25-20)16-9-5-2-6-10-16)17-11-12-18(23-14-17)15-7-3-1-4-8-15;14-12-15-10-6-7-11(13-8-10)9-4-2-1-3-5-9;11-8-6-9(12)14-10(13-8)7-4-2-1-3-5-7;1-2;/h1-14H;1-8,14H;1-6H;1-2H2;. The minimum atomic E-state index is 0. The van der Waals surface area contributed by atoms with E-state index in [1.807, 2.05) is 146 Å². The molecule has 8 nitrogen and oxygen atoms in total. The van der Waals surface area contributed by atoms with Crippen molar-refractivity contribution in [2.75, 3.05) is 0 Å². The number of rotatable bonds is 7. The predicted octanol–water partition coefficient (Wildman–Crippen LogP) is 11.3. The Balaban J connectivity index is 0.000000195. The van der Waals surface area contributed by atoms with Crippen molar-refractivity contribution in [3.63, 3.8) is 0 Å². The summed E-state index contributed by atoms with van der Waals surface area (Å²) in [4.78, 5) is 25.9. The third-order valence-corrected chi connectivity index (χ3v) is 8.13. The van der Waals surface area contributed by atoms with Gasteiger partial charge in [-0.2, -0.15) is 0 Å². The van der Waals surface area contributed by atoms with E-state index in [4.69, 9.17) is 44.5 Å². The Labute approximate surface area is 377 Å². The van der Waals surface area contributed by atoms with Crippen LogP contribution in [-0.4, -0.2) is 42.6 Å². The van der Waals surface area contributed by atoms with Gasteiger partial charge in [0.25, 0.3) is 0 Å². The van der Waals surface area contributed by atoms with Crippen LogP contribution in [0.1, 0.15) is 0 Å². The maximum atomic E-state index is 8.43. The minimum absolute atomic E-state index is 0. The first kappa shape index (κ1) is 45.7. The van der Waals surface area contributed by atoms with E-state index in [1.54, 1.807) is 18.3 Å². The third-order valence-electron chi connectivity index (χ3n) is 7.55. The molecule has 4 aromatic heterocycles. The van der Waals surface area contributed by atoms with E-state index < -0.39 is 0 Å². The molecule has 2 radical (unpaired) electrons. The number of hydrogen-bond acceptors (Lipinski definition) is 8. The van der Waals surface area contributed by atoms with Gasteiger partial charge in [-0.25, -0.2) is 19.9 Å². The first-order valence-corrected chi connectivity index (χ1v) is 20.6. The van der Waals surface area contributed by atoms with Crippen LogP contribution in [0.15, 0.2) is 170 Å². The normalized spacial score (nSPS) is 9.79. The Morgan fingerprint density at radius 2 is 0.842 bits per heavy atom. The van der Waals surface area contributed by atoms with Gasteiger partial charge in [-0.1, -0.05) is 156 Å². The summed E-state index contributed by atoms with van der Waals surface area (Å²) in [5.41, 5.74) is 7.43. The summed E-state index contributed by atoms with van der Waals surface area (Å²) in [5, 5.41) is 9.55. The Kier molecular flexibility index (Phi) is 19.8. The smallest absolute Gasteiger partial charge is 0.536 e. The van der Waals surface area contributed by atoms with Gasteiger partial charge >= 0.3 is 7.69 Å². The summed E-state index contributed by atoms with van der Waals surface area (Å²) >= 11 is 17.7. The maximum absolute atomic E-state index is 8.43. The first-order valence-electron chi connectivity index (χ1n) is 16.8. The number of hydrogen-bond donors (Lipinski definition) is 1. The van der Waals surface area contributed by atoms with Crippen LogP contribution in [0, 0.1) is 0 Å². The van der Waals surface area contributed by atoms with E-state index in [2.05, 4.69) is 47.8 Å². The van der Waals surface area contributed by atoms with Crippen LogP contribution in [0.2, 0.25) is 15.5 Å². The van der Waals surface area contributed by atoms with E-state index >= 15 is 0 Å².